The standard InChI is InChI=1S/C14H21FN2OS/c1-2-6-18-14-10-13(12(16)9-11(14)15)17-4-3-7-19-8-5-17/h9-10H,2-8,16H2,1H3. The van der Waals surface area contributed by atoms with Crippen molar-refractivity contribution >= 4 is 23.1 Å². The van der Waals surface area contributed by atoms with Gasteiger partial charge in [-0.2, -0.15) is 11.8 Å². The highest BCUT2D eigenvalue weighted by atomic mass is 32.2. The van der Waals surface area contributed by atoms with Gasteiger partial charge in [0.15, 0.2) is 11.6 Å². The van der Waals surface area contributed by atoms with Crippen LogP contribution in [0.25, 0.3) is 0 Å². The van der Waals surface area contributed by atoms with Gasteiger partial charge in [0.2, 0.25) is 0 Å². The van der Waals surface area contributed by atoms with Gasteiger partial charge in [0.25, 0.3) is 0 Å². The van der Waals surface area contributed by atoms with Crippen molar-refractivity contribution in [2.24, 2.45) is 0 Å². The zero-order chi connectivity index (χ0) is 13.7. The Morgan fingerprint density at radius 1 is 1.37 bits per heavy atom. The maximum Gasteiger partial charge on any atom is 0.167 e. The zero-order valence-corrected chi connectivity index (χ0v) is 12.1. The molecule has 1 aliphatic heterocycles. The van der Waals surface area contributed by atoms with E-state index >= 15 is 0 Å². The van der Waals surface area contributed by atoms with Crippen LogP contribution in [0.1, 0.15) is 19.8 Å². The Kier molecular flexibility index (Phi) is 5.19. The molecule has 0 radical (unpaired) electrons. The third-order valence-electron chi connectivity index (χ3n) is 3.11. The van der Waals surface area contributed by atoms with Gasteiger partial charge in [-0.15, -0.1) is 0 Å². The highest BCUT2D eigenvalue weighted by Gasteiger charge is 2.16. The third-order valence-corrected chi connectivity index (χ3v) is 4.15. The molecular weight excluding hydrogens is 263 g/mol. The first-order valence-electron chi connectivity index (χ1n) is 6.77. The van der Waals surface area contributed by atoms with Gasteiger partial charge in [-0.1, -0.05) is 6.92 Å². The molecule has 0 amide bonds. The number of rotatable bonds is 4. The number of hydrogen-bond acceptors (Lipinski definition) is 4. The van der Waals surface area contributed by atoms with Crippen molar-refractivity contribution in [2.75, 3.05) is 41.8 Å². The Morgan fingerprint density at radius 3 is 3.00 bits per heavy atom. The Labute approximate surface area is 118 Å². The van der Waals surface area contributed by atoms with Crippen LogP contribution < -0.4 is 15.4 Å². The fraction of sp³-hybridized carbons (Fsp3) is 0.571. The predicted molar refractivity (Wildman–Crippen MR) is 80.8 cm³/mol. The molecule has 1 aliphatic rings. The molecule has 0 atom stereocenters. The summed E-state index contributed by atoms with van der Waals surface area (Å²) in [5.41, 5.74) is 7.35. The summed E-state index contributed by atoms with van der Waals surface area (Å²) in [6, 6.07) is 3.12. The number of thioether (sulfide) groups is 1. The molecule has 1 aromatic rings. The molecule has 1 fully saturated rings. The van der Waals surface area contributed by atoms with Crippen molar-refractivity contribution in [3.63, 3.8) is 0 Å². The van der Waals surface area contributed by atoms with Crippen LogP contribution in [0.4, 0.5) is 15.8 Å². The summed E-state index contributed by atoms with van der Waals surface area (Å²) in [6.07, 6.45) is 1.99. The minimum absolute atomic E-state index is 0.308. The second-order valence-corrected chi connectivity index (χ2v) is 5.87. The molecule has 0 aromatic heterocycles. The van der Waals surface area contributed by atoms with E-state index in [4.69, 9.17) is 10.5 Å². The smallest absolute Gasteiger partial charge is 0.167 e. The van der Waals surface area contributed by atoms with E-state index in [1.165, 1.54) is 11.8 Å². The van der Waals surface area contributed by atoms with Gasteiger partial charge in [-0.05, 0) is 18.6 Å². The molecule has 3 nitrogen and oxygen atoms in total. The average Bonchev–Trinajstić information content (AvgIpc) is 2.66. The number of anilines is 2. The molecule has 0 aliphatic carbocycles. The Hall–Kier alpha value is -1.10. The number of halogens is 1. The highest BCUT2D eigenvalue weighted by Crippen LogP contribution is 2.32. The van der Waals surface area contributed by atoms with E-state index in [1.807, 2.05) is 18.7 Å². The Bertz CT molecular complexity index is 420. The molecule has 0 spiro atoms. The molecule has 2 N–H and O–H groups in total. The van der Waals surface area contributed by atoms with Gasteiger partial charge in [0.1, 0.15) is 0 Å². The van der Waals surface area contributed by atoms with Crippen molar-refractivity contribution in [2.45, 2.75) is 19.8 Å². The quantitative estimate of drug-likeness (QED) is 0.862. The van der Waals surface area contributed by atoms with Crippen molar-refractivity contribution in [1.82, 2.24) is 0 Å². The number of benzene rings is 1. The summed E-state index contributed by atoms with van der Waals surface area (Å²) in [7, 11) is 0. The van der Waals surface area contributed by atoms with E-state index in [-0.39, 0.29) is 5.82 Å². The molecule has 1 heterocycles. The average molecular weight is 284 g/mol. The van der Waals surface area contributed by atoms with Gasteiger partial charge >= 0.3 is 0 Å². The van der Waals surface area contributed by atoms with E-state index in [0.29, 0.717) is 18.0 Å². The lowest BCUT2D eigenvalue weighted by molar-refractivity contribution is 0.301. The van der Waals surface area contributed by atoms with Gasteiger partial charge in [-0.25, -0.2) is 4.39 Å². The summed E-state index contributed by atoms with van der Waals surface area (Å²) in [4.78, 5) is 2.23. The molecular formula is C14H21FN2OS. The van der Waals surface area contributed by atoms with Crippen LogP contribution in [0, 0.1) is 5.82 Å². The summed E-state index contributed by atoms with van der Waals surface area (Å²) in [5, 5.41) is 0. The first kappa shape index (κ1) is 14.3. The zero-order valence-electron chi connectivity index (χ0n) is 11.3. The number of nitrogen functional groups attached to an aromatic ring is 1. The normalized spacial score (nSPS) is 16.2. The molecule has 0 bridgehead atoms. The molecule has 1 aromatic carbocycles. The van der Waals surface area contributed by atoms with E-state index in [1.54, 1.807) is 6.07 Å². The number of ether oxygens (including phenoxy) is 1. The van der Waals surface area contributed by atoms with Crippen LogP contribution in [0.2, 0.25) is 0 Å². The summed E-state index contributed by atoms with van der Waals surface area (Å²) in [6.45, 7) is 4.45. The Morgan fingerprint density at radius 2 is 2.21 bits per heavy atom. The van der Waals surface area contributed by atoms with Crippen molar-refractivity contribution in [1.29, 1.82) is 0 Å². The molecule has 1 saturated heterocycles. The first-order chi connectivity index (χ1) is 9.22. The second kappa shape index (κ2) is 6.89. The third kappa shape index (κ3) is 3.69. The lowest BCUT2D eigenvalue weighted by Gasteiger charge is -2.24. The number of nitrogens with zero attached hydrogens (tertiary/aromatic N) is 1. The van der Waals surface area contributed by atoms with Crippen molar-refractivity contribution < 1.29 is 9.13 Å². The first-order valence-corrected chi connectivity index (χ1v) is 7.92. The largest absolute Gasteiger partial charge is 0.490 e. The van der Waals surface area contributed by atoms with Crippen LogP contribution in [-0.4, -0.2) is 31.2 Å². The minimum atomic E-state index is -0.376. The van der Waals surface area contributed by atoms with Crippen molar-refractivity contribution in [3.05, 3.63) is 17.9 Å². The molecule has 0 unspecified atom stereocenters. The summed E-state index contributed by atoms with van der Waals surface area (Å²) >= 11 is 1.95. The molecule has 2 rings (SSSR count). The van der Waals surface area contributed by atoms with E-state index in [2.05, 4.69) is 4.90 Å². The maximum absolute atomic E-state index is 13.8. The number of nitrogens with two attached hydrogens (primary N) is 1. The van der Waals surface area contributed by atoms with Gasteiger partial charge in [0.05, 0.1) is 18.0 Å². The summed E-state index contributed by atoms with van der Waals surface area (Å²) in [5.74, 6) is 2.19. The Balaban J connectivity index is 2.22. The van der Waals surface area contributed by atoms with Crippen LogP contribution >= 0.6 is 11.8 Å². The number of hydrogen-bond donors (Lipinski definition) is 1. The van der Waals surface area contributed by atoms with E-state index in [0.717, 1.165) is 37.4 Å². The van der Waals surface area contributed by atoms with E-state index < -0.39 is 0 Å². The van der Waals surface area contributed by atoms with Gasteiger partial charge < -0.3 is 15.4 Å². The van der Waals surface area contributed by atoms with Gasteiger partial charge in [-0.3, -0.25) is 0 Å². The van der Waals surface area contributed by atoms with E-state index in [9.17, 15) is 4.39 Å². The lowest BCUT2D eigenvalue weighted by Crippen LogP contribution is -2.26. The monoisotopic (exact) mass is 284 g/mol. The topological polar surface area (TPSA) is 38.5 Å². The van der Waals surface area contributed by atoms with Crippen LogP contribution in [-0.2, 0) is 0 Å². The molecule has 106 valence electrons. The second-order valence-electron chi connectivity index (χ2n) is 4.64. The summed E-state index contributed by atoms with van der Waals surface area (Å²) < 4.78 is 19.2. The van der Waals surface area contributed by atoms with Gasteiger partial charge in [0, 0.05) is 31.0 Å². The molecule has 19 heavy (non-hydrogen) atoms. The fourth-order valence-corrected chi connectivity index (χ4v) is 3.03. The van der Waals surface area contributed by atoms with Crippen molar-refractivity contribution in [3.8, 4) is 5.75 Å². The molecule has 5 heteroatoms. The van der Waals surface area contributed by atoms with Crippen LogP contribution in [0.3, 0.4) is 0 Å². The highest BCUT2D eigenvalue weighted by molar-refractivity contribution is 7.99. The van der Waals surface area contributed by atoms with Crippen LogP contribution in [0.5, 0.6) is 5.75 Å². The predicted octanol–water partition coefficient (Wildman–Crippen LogP) is 3.14. The molecule has 0 saturated carbocycles. The SMILES string of the molecule is CCCOc1cc(N2CCCSCC2)c(N)cc1F. The van der Waals surface area contributed by atoms with Crippen LogP contribution in [0.15, 0.2) is 12.1 Å². The maximum atomic E-state index is 13.8. The lowest BCUT2D eigenvalue weighted by atomic mass is 10.2. The fourth-order valence-electron chi connectivity index (χ4n) is 2.14. The minimum Gasteiger partial charge on any atom is -0.490 e.